The van der Waals surface area contributed by atoms with E-state index >= 15 is 0 Å². The van der Waals surface area contributed by atoms with Crippen LogP contribution in [0, 0.1) is 5.92 Å². The summed E-state index contributed by atoms with van der Waals surface area (Å²) in [7, 11) is 0. The van der Waals surface area contributed by atoms with E-state index in [1.165, 1.54) is 0 Å². The first kappa shape index (κ1) is 18.0. The number of hydrogen-bond acceptors (Lipinski definition) is 3. The minimum Gasteiger partial charge on any atom is -0.460 e. The number of likely N-dealkylation sites (tertiary alicyclic amines) is 1. The molecule has 1 fully saturated rings. The second-order valence-corrected chi connectivity index (χ2v) is 7.97. The molecule has 5 heteroatoms. The number of aromatic nitrogens is 1. The van der Waals surface area contributed by atoms with Gasteiger partial charge in [-0.15, -0.1) is 0 Å². The molecule has 4 aromatic rings. The Balaban J connectivity index is 1.18. The molecular formula is C24H25N3O2. The Hall–Kier alpha value is -3.05. The highest BCUT2D eigenvalue weighted by Gasteiger charge is 2.22. The van der Waals surface area contributed by atoms with Gasteiger partial charge in [0.25, 0.3) is 5.91 Å². The molecule has 0 aliphatic carbocycles. The summed E-state index contributed by atoms with van der Waals surface area (Å²) in [5.41, 5.74) is 2.56. The van der Waals surface area contributed by atoms with E-state index in [2.05, 4.69) is 27.3 Å². The van der Waals surface area contributed by atoms with Crippen LogP contribution in [0.2, 0.25) is 0 Å². The largest absolute Gasteiger partial charge is 0.460 e. The number of aromatic amines is 1. The highest BCUT2D eigenvalue weighted by atomic mass is 16.3. The number of nitrogens with one attached hydrogen (secondary N) is 2. The molecule has 1 amide bonds. The van der Waals surface area contributed by atoms with Gasteiger partial charge in [-0.1, -0.05) is 36.4 Å². The van der Waals surface area contributed by atoms with Crippen LogP contribution in [0.1, 0.15) is 29.1 Å². The van der Waals surface area contributed by atoms with Crippen LogP contribution in [0.15, 0.2) is 65.1 Å². The van der Waals surface area contributed by atoms with E-state index in [0.717, 1.165) is 60.1 Å². The van der Waals surface area contributed by atoms with Crippen molar-refractivity contribution in [2.75, 3.05) is 19.6 Å². The van der Waals surface area contributed by atoms with Crippen LogP contribution in [0.3, 0.4) is 0 Å². The molecule has 2 aromatic heterocycles. The lowest BCUT2D eigenvalue weighted by Crippen LogP contribution is -2.40. The first-order chi connectivity index (χ1) is 14.2. The SMILES string of the molecule is O=C(NC[C@@H]1CCCN(Cc2cc3ccccc3o2)C1)c1cc2ccccc2[nH]1. The lowest BCUT2D eigenvalue weighted by molar-refractivity contribution is 0.0924. The van der Waals surface area contributed by atoms with Gasteiger partial charge in [0, 0.05) is 29.4 Å². The van der Waals surface area contributed by atoms with Crippen LogP contribution in [-0.2, 0) is 6.54 Å². The van der Waals surface area contributed by atoms with Crippen molar-refractivity contribution in [1.82, 2.24) is 15.2 Å². The number of carbonyl (C=O) groups excluding carboxylic acids is 1. The first-order valence-corrected chi connectivity index (χ1v) is 10.3. The summed E-state index contributed by atoms with van der Waals surface area (Å²) in [4.78, 5) is 18.2. The Kier molecular flexibility index (Phi) is 4.82. The van der Waals surface area contributed by atoms with Crippen LogP contribution in [0.5, 0.6) is 0 Å². The number of benzene rings is 2. The van der Waals surface area contributed by atoms with Crippen molar-refractivity contribution in [2.24, 2.45) is 5.92 Å². The third-order valence-corrected chi connectivity index (χ3v) is 5.78. The maximum Gasteiger partial charge on any atom is 0.267 e. The summed E-state index contributed by atoms with van der Waals surface area (Å²) < 4.78 is 5.98. The summed E-state index contributed by atoms with van der Waals surface area (Å²) >= 11 is 0. The van der Waals surface area contributed by atoms with Crippen LogP contribution in [0.25, 0.3) is 21.9 Å². The van der Waals surface area contributed by atoms with Crippen molar-refractivity contribution in [3.05, 3.63) is 72.1 Å². The van der Waals surface area contributed by atoms with E-state index < -0.39 is 0 Å². The number of hydrogen-bond donors (Lipinski definition) is 2. The van der Waals surface area contributed by atoms with E-state index in [0.29, 0.717) is 18.2 Å². The van der Waals surface area contributed by atoms with E-state index in [4.69, 9.17) is 4.42 Å². The van der Waals surface area contributed by atoms with Crippen molar-refractivity contribution < 1.29 is 9.21 Å². The van der Waals surface area contributed by atoms with Gasteiger partial charge in [0.1, 0.15) is 17.0 Å². The van der Waals surface area contributed by atoms with Gasteiger partial charge in [-0.05, 0) is 49.6 Å². The number of H-pyrrole nitrogens is 1. The predicted octanol–water partition coefficient (Wildman–Crippen LogP) is 4.56. The Morgan fingerprint density at radius 2 is 1.93 bits per heavy atom. The topological polar surface area (TPSA) is 61.3 Å². The molecule has 1 aliphatic heterocycles. The Bertz CT molecular complexity index is 1080. The Morgan fingerprint density at radius 1 is 1.10 bits per heavy atom. The van der Waals surface area contributed by atoms with Crippen molar-refractivity contribution in [1.29, 1.82) is 0 Å². The van der Waals surface area contributed by atoms with Gasteiger partial charge in [-0.3, -0.25) is 9.69 Å². The number of piperidine rings is 1. The second kappa shape index (κ2) is 7.76. The van der Waals surface area contributed by atoms with Crippen molar-refractivity contribution in [2.45, 2.75) is 19.4 Å². The fourth-order valence-electron chi connectivity index (χ4n) is 4.32. The molecule has 2 N–H and O–H groups in total. The molecule has 3 heterocycles. The monoisotopic (exact) mass is 387 g/mol. The van der Waals surface area contributed by atoms with Gasteiger partial charge in [0.2, 0.25) is 0 Å². The van der Waals surface area contributed by atoms with Gasteiger partial charge in [0.15, 0.2) is 0 Å². The zero-order chi connectivity index (χ0) is 19.6. The van der Waals surface area contributed by atoms with Gasteiger partial charge in [-0.25, -0.2) is 0 Å². The minimum absolute atomic E-state index is 0.0318. The number of furan rings is 1. The van der Waals surface area contributed by atoms with E-state index in [9.17, 15) is 4.79 Å². The molecular weight excluding hydrogens is 362 g/mol. The van der Waals surface area contributed by atoms with Crippen molar-refractivity contribution in [3.63, 3.8) is 0 Å². The minimum atomic E-state index is -0.0318. The predicted molar refractivity (Wildman–Crippen MR) is 115 cm³/mol. The number of nitrogens with zero attached hydrogens (tertiary/aromatic N) is 1. The highest BCUT2D eigenvalue weighted by molar-refractivity contribution is 5.97. The summed E-state index contributed by atoms with van der Waals surface area (Å²) in [6.45, 7) is 3.57. The summed E-state index contributed by atoms with van der Waals surface area (Å²) in [6.07, 6.45) is 2.29. The number of para-hydroxylation sites is 2. The standard InChI is InChI=1S/C24H25N3O2/c28-24(22-13-18-7-1-3-9-21(18)26-22)25-14-17-6-5-11-27(15-17)16-20-12-19-8-2-4-10-23(19)29-20/h1-4,7-10,12-13,17,26H,5-6,11,14-16H2,(H,25,28)/t17-/m0/s1. The van der Waals surface area contributed by atoms with Gasteiger partial charge >= 0.3 is 0 Å². The van der Waals surface area contributed by atoms with Crippen molar-refractivity contribution >= 4 is 27.8 Å². The molecule has 0 saturated carbocycles. The zero-order valence-electron chi connectivity index (χ0n) is 16.4. The Morgan fingerprint density at radius 3 is 2.79 bits per heavy atom. The third kappa shape index (κ3) is 3.91. The number of fused-ring (bicyclic) bond motifs is 2. The quantitative estimate of drug-likeness (QED) is 0.528. The molecule has 0 unspecified atom stereocenters. The van der Waals surface area contributed by atoms with E-state index in [1.54, 1.807) is 0 Å². The average Bonchev–Trinajstić information content (AvgIpc) is 3.35. The fraction of sp³-hybridized carbons (Fsp3) is 0.292. The maximum atomic E-state index is 12.6. The number of amides is 1. The summed E-state index contributed by atoms with van der Waals surface area (Å²) in [5, 5.41) is 5.33. The van der Waals surface area contributed by atoms with E-state index in [1.807, 2.05) is 48.5 Å². The van der Waals surface area contributed by atoms with E-state index in [-0.39, 0.29) is 5.91 Å². The zero-order valence-corrected chi connectivity index (χ0v) is 16.4. The molecule has 148 valence electrons. The molecule has 29 heavy (non-hydrogen) atoms. The molecule has 2 aromatic carbocycles. The molecule has 0 spiro atoms. The van der Waals surface area contributed by atoms with Crippen LogP contribution in [0.4, 0.5) is 0 Å². The summed E-state index contributed by atoms with van der Waals surface area (Å²) in [5.74, 6) is 1.44. The fourth-order valence-corrected chi connectivity index (χ4v) is 4.32. The second-order valence-electron chi connectivity index (χ2n) is 7.97. The van der Waals surface area contributed by atoms with Crippen LogP contribution in [-0.4, -0.2) is 35.4 Å². The molecule has 0 radical (unpaired) electrons. The van der Waals surface area contributed by atoms with Gasteiger partial charge in [0.05, 0.1) is 6.54 Å². The summed E-state index contributed by atoms with van der Waals surface area (Å²) in [6, 6.07) is 20.1. The maximum absolute atomic E-state index is 12.6. The smallest absolute Gasteiger partial charge is 0.267 e. The molecule has 5 nitrogen and oxygen atoms in total. The molecule has 1 aliphatic rings. The molecule has 1 saturated heterocycles. The lowest BCUT2D eigenvalue weighted by Gasteiger charge is -2.32. The third-order valence-electron chi connectivity index (χ3n) is 5.78. The number of carbonyl (C=O) groups is 1. The van der Waals surface area contributed by atoms with Gasteiger partial charge < -0.3 is 14.7 Å². The Labute approximate surface area is 169 Å². The number of rotatable bonds is 5. The molecule has 1 atom stereocenters. The normalized spacial score (nSPS) is 17.7. The lowest BCUT2D eigenvalue weighted by atomic mass is 9.98. The molecule has 0 bridgehead atoms. The van der Waals surface area contributed by atoms with Crippen LogP contribution >= 0.6 is 0 Å². The van der Waals surface area contributed by atoms with Crippen molar-refractivity contribution in [3.8, 4) is 0 Å². The molecule has 5 rings (SSSR count). The van der Waals surface area contributed by atoms with Crippen LogP contribution < -0.4 is 5.32 Å². The average molecular weight is 387 g/mol. The van der Waals surface area contributed by atoms with Gasteiger partial charge in [-0.2, -0.15) is 0 Å². The first-order valence-electron chi connectivity index (χ1n) is 10.3. The highest BCUT2D eigenvalue weighted by Crippen LogP contribution is 2.23.